The van der Waals surface area contributed by atoms with Gasteiger partial charge in [-0.05, 0) is 43.2 Å². The van der Waals surface area contributed by atoms with Crippen molar-refractivity contribution < 1.29 is 0 Å². The number of aryl methyl sites for hydroxylation is 1. The molecule has 2 aliphatic heterocycles. The number of hydrogen-bond donors (Lipinski definition) is 1. The Morgan fingerprint density at radius 1 is 0.762 bits per heavy atom. The second-order valence-electron chi connectivity index (χ2n) is 7.80. The molecule has 1 saturated carbocycles. The minimum atomic E-state index is 0.326. The molecular formula is C20H29N. The van der Waals surface area contributed by atoms with Crippen LogP contribution in [0.5, 0.6) is 0 Å². The Kier molecular flexibility index (Phi) is 3.57. The van der Waals surface area contributed by atoms with Crippen LogP contribution in [0.4, 0.5) is 0 Å². The smallest absolute Gasteiger partial charge is 0.0459 e. The van der Waals surface area contributed by atoms with E-state index in [1.807, 2.05) is 0 Å². The van der Waals surface area contributed by atoms with Crippen molar-refractivity contribution in [3.8, 4) is 0 Å². The lowest BCUT2D eigenvalue weighted by molar-refractivity contribution is 0.0207. The third-order valence-corrected chi connectivity index (χ3v) is 6.31. The van der Waals surface area contributed by atoms with E-state index in [0.717, 1.165) is 0 Å². The predicted molar refractivity (Wildman–Crippen MR) is 88.5 cm³/mol. The standard InChI is InChI=1S/C20H29N/c1-2-4-8-13-19-15-12-17-10-6-7-11-18(17)20(16-19,21-19)14-9-5-3-1/h6-7,10-11,21H,1-5,8-9,12-16H2. The lowest BCUT2D eigenvalue weighted by Gasteiger charge is -2.58. The Morgan fingerprint density at radius 3 is 2.24 bits per heavy atom. The first-order chi connectivity index (χ1) is 10.3. The number of hydrogen-bond acceptors (Lipinski definition) is 1. The fraction of sp³-hybridized carbons (Fsp3) is 0.700. The highest BCUT2D eigenvalue weighted by molar-refractivity contribution is 5.40. The Balaban J connectivity index is 1.64. The molecule has 0 amide bonds. The van der Waals surface area contributed by atoms with E-state index in [1.165, 1.54) is 77.0 Å². The molecule has 1 nitrogen and oxygen atoms in total. The number of benzene rings is 1. The summed E-state index contributed by atoms with van der Waals surface area (Å²) in [6, 6.07) is 9.27. The molecule has 1 N–H and O–H groups in total. The van der Waals surface area contributed by atoms with Crippen LogP contribution < -0.4 is 5.32 Å². The van der Waals surface area contributed by atoms with Crippen LogP contribution >= 0.6 is 0 Å². The molecule has 114 valence electrons. The van der Waals surface area contributed by atoms with E-state index in [-0.39, 0.29) is 0 Å². The molecular weight excluding hydrogens is 254 g/mol. The van der Waals surface area contributed by atoms with Crippen LogP contribution in [0.2, 0.25) is 0 Å². The van der Waals surface area contributed by atoms with Crippen molar-refractivity contribution >= 4 is 0 Å². The zero-order valence-corrected chi connectivity index (χ0v) is 13.3. The summed E-state index contributed by atoms with van der Waals surface area (Å²) < 4.78 is 0. The van der Waals surface area contributed by atoms with Crippen LogP contribution in [0.25, 0.3) is 0 Å². The first kappa shape index (κ1) is 13.8. The van der Waals surface area contributed by atoms with Gasteiger partial charge in [-0.3, -0.25) is 0 Å². The SMILES string of the molecule is c1ccc2c(c1)CCC13CCCCCCCCCC2(C1)N3. The van der Waals surface area contributed by atoms with Crippen molar-refractivity contribution in [1.29, 1.82) is 0 Å². The summed E-state index contributed by atoms with van der Waals surface area (Å²) in [5, 5.41) is 4.14. The quantitative estimate of drug-likeness (QED) is 0.699. The monoisotopic (exact) mass is 283 g/mol. The zero-order chi connectivity index (χ0) is 14.2. The summed E-state index contributed by atoms with van der Waals surface area (Å²) in [6.45, 7) is 0. The van der Waals surface area contributed by atoms with Gasteiger partial charge in [-0.25, -0.2) is 0 Å². The fourth-order valence-corrected chi connectivity index (χ4v) is 5.29. The average Bonchev–Trinajstić information content (AvgIpc) is 2.67. The highest BCUT2D eigenvalue weighted by atomic mass is 15.2. The maximum absolute atomic E-state index is 4.14. The van der Waals surface area contributed by atoms with Crippen molar-refractivity contribution in [3.63, 3.8) is 0 Å². The molecule has 4 aliphatic rings. The van der Waals surface area contributed by atoms with Gasteiger partial charge in [0.15, 0.2) is 0 Å². The summed E-state index contributed by atoms with van der Waals surface area (Å²) in [5.41, 5.74) is 4.05. The van der Waals surface area contributed by atoms with Crippen LogP contribution in [0.3, 0.4) is 0 Å². The van der Waals surface area contributed by atoms with Gasteiger partial charge in [-0.2, -0.15) is 0 Å². The van der Waals surface area contributed by atoms with Crippen LogP contribution in [-0.4, -0.2) is 5.54 Å². The van der Waals surface area contributed by atoms with Gasteiger partial charge in [0, 0.05) is 11.1 Å². The Hall–Kier alpha value is -0.820. The van der Waals surface area contributed by atoms with E-state index < -0.39 is 0 Å². The minimum absolute atomic E-state index is 0.326. The molecule has 1 aromatic rings. The third kappa shape index (κ3) is 2.44. The van der Waals surface area contributed by atoms with Crippen LogP contribution in [0, 0.1) is 0 Å². The maximum atomic E-state index is 4.14. The van der Waals surface area contributed by atoms with Gasteiger partial charge in [-0.15, -0.1) is 0 Å². The molecule has 0 radical (unpaired) electrons. The molecule has 2 fully saturated rings. The maximum Gasteiger partial charge on any atom is 0.0459 e. The van der Waals surface area contributed by atoms with Gasteiger partial charge in [0.1, 0.15) is 0 Å². The van der Waals surface area contributed by atoms with E-state index in [0.29, 0.717) is 11.1 Å². The molecule has 1 heteroatoms. The number of fused-ring (bicyclic) bond motifs is 1. The molecule has 1 saturated heterocycles. The number of nitrogens with one attached hydrogen (secondary N) is 1. The largest absolute Gasteiger partial charge is 0.302 e. The molecule has 2 aliphatic carbocycles. The molecule has 2 bridgehead atoms. The second kappa shape index (κ2) is 5.43. The van der Waals surface area contributed by atoms with Crippen LogP contribution in [0.15, 0.2) is 24.3 Å². The predicted octanol–water partition coefficient (Wildman–Crippen LogP) is 5.08. The summed E-state index contributed by atoms with van der Waals surface area (Å²) >= 11 is 0. The Labute approximate surface area is 129 Å². The molecule has 2 unspecified atom stereocenters. The molecule has 2 atom stereocenters. The normalized spacial score (nSPS) is 36.4. The van der Waals surface area contributed by atoms with E-state index >= 15 is 0 Å². The topological polar surface area (TPSA) is 12.0 Å². The van der Waals surface area contributed by atoms with Crippen LogP contribution in [0.1, 0.15) is 81.8 Å². The Bertz CT molecular complexity index is 498. The van der Waals surface area contributed by atoms with E-state index in [9.17, 15) is 0 Å². The zero-order valence-electron chi connectivity index (χ0n) is 13.3. The van der Waals surface area contributed by atoms with E-state index in [2.05, 4.69) is 29.6 Å². The summed E-state index contributed by atoms with van der Waals surface area (Å²) in [4.78, 5) is 0. The first-order valence-corrected chi connectivity index (χ1v) is 9.20. The third-order valence-electron chi connectivity index (χ3n) is 6.31. The van der Waals surface area contributed by atoms with E-state index in [1.54, 1.807) is 11.1 Å². The first-order valence-electron chi connectivity index (χ1n) is 9.20. The summed E-state index contributed by atoms with van der Waals surface area (Å²) in [7, 11) is 0. The molecule has 1 aromatic carbocycles. The fourth-order valence-electron chi connectivity index (χ4n) is 5.29. The van der Waals surface area contributed by atoms with E-state index in [4.69, 9.17) is 0 Å². The van der Waals surface area contributed by atoms with Crippen molar-refractivity contribution in [3.05, 3.63) is 35.4 Å². The van der Waals surface area contributed by atoms with Gasteiger partial charge < -0.3 is 5.32 Å². The van der Waals surface area contributed by atoms with Gasteiger partial charge in [0.05, 0.1) is 0 Å². The summed E-state index contributed by atoms with van der Waals surface area (Å²) in [6.07, 6.45) is 16.9. The second-order valence-corrected chi connectivity index (χ2v) is 7.80. The average molecular weight is 283 g/mol. The molecule has 0 spiro atoms. The van der Waals surface area contributed by atoms with Crippen molar-refractivity contribution in [2.75, 3.05) is 0 Å². The van der Waals surface area contributed by atoms with Gasteiger partial charge >= 0.3 is 0 Å². The summed E-state index contributed by atoms with van der Waals surface area (Å²) in [5.74, 6) is 0. The van der Waals surface area contributed by atoms with Crippen molar-refractivity contribution in [1.82, 2.24) is 5.32 Å². The highest BCUT2D eigenvalue weighted by Gasteiger charge is 2.55. The van der Waals surface area contributed by atoms with Gasteiger partial charge in [-0.1, -0.05) is 69.2 Å². The van der Waals surface area contributed by atoms with Crippen molar-refractivity contribution in [2.24, 2.45) is 0 Å². The molecule has 21 heavy (non-hydrogen) atoms. The Morgan fingerprint density at radius 2 is 1.43 bits per heavy atom. The van der Waals surface area contributed by atoms with Gasteiger partial charge in [0.25, 0.3) is 0 Å². The minimum Gasteiger partial charge on any atom is -0.302 e. The van der Waals surface area contributed by atoms with Crippen molar-refractivity contribution in [2.45, 2.75) is 88.1 Å². The highest BCUT2D eigenvalue weighted by Crippen LogP contribution is 2.53. The molecule has 0 aromatic heterocycles. The molecule has 2 heterocycles. The molecule has 5 rings (SSSR count). The van der Waals surface area contributed by atoms with Crippen LogP contribution in [-0.2, 0) is 12.0 Å². The lowest BCUT2D eigenvalue weighted by atomic mass is 9.64. The number of rotatable bonds is 0. The van der Waals surface area contributed by atoms with Gasteiger partial charge in [0.2, 0.25) is 0 Å². The lowest BCUT2D eigenvalue weighted by Crippen LogP contribution is -2.69.